The molecule has 1 aliphatic carbocycles. The number of nitrogens with two attached hydrogens (primary N) is 1. The Labute approximate surface area is 148 Å². The Bertz CT molecular complexity index is 651. The molecule has 2 N–H and O–H groups in total. The molecule has 3 atom stereocenters. The predicted octanol–water partition coefficient (Wildman–Crippen LogP) is 2.20. The number of halogens is 1. The van der Waals surface area contributed by atoms with E-state index in [1.807, 2.05) is 13.8 Å². The number of nitrogens with zero attached hydrogens (tertiary/aromatic N) is 1. The Hall–Kier alpha value is -1.66. The monoisotopic (exact) mass is 350 g/mol. The lowest BCUT2D eigenvalue weighted by Crippen LogP contribution is -2.82. The third-order valence-electron chi connectivity index (χ3n) is 5.91. The van der Waals surface area contributed by atoms with Crippen LogP contribution in [0.3, 0.4) is 0 Å². The van der Waals surface area contributed by atoms with Crippen molar-refractivity contribution in [3.8, 4) is 5.75 Å². The summed E-state index contributed by atoms with van der Waals surface area (Å²) in [6.07, 6.45) is 1.89. The van der Waals surface area contributed by atoms with Gasteiger partial charge in [-0.25, -0.2) is 4.39 Å². The first kappa shape index (κ1) is 18.1. The zero-order chi connectivity index (χ0) is 18.2. The molecule has 1 amide bonds. The molecule has 1 aromatic rings. The summed E-state index contributed by atoms with van der Waals surface area (Å²) in [5.74, 6) is -0.260. The lowest BCUT2D eigenvalue weighted by atomic mass is 9.46. The molecule has 1 saturated carbocycles. The summed E-state index contributed by atoms with van der Waals surface area (Å²) in [7, 11) is 1.72. The van der Waals surface area contributed by atoms with Crippen molar-refractivity contribution >= 4 is 5.91 Å². The molecule has 1 aliphatic heterocycles. The molecule has 0 radical (unpaired) electrons. The van der Waals surface area contributed by atoms with Gasteiger partial charge >= 0.3 is 0 Å². The maximum atomic E-state index is 13.6. The molecule has 138 valence electrons. The number of fused-ring (bicyclic) bond motifs is 1. The molecule has 2 fully saturated rings. The van der Waals surface area contributed by atoms with Crippen LogP contribution in [0.4, 0.5) is 4.39 Å². The maximum Gasteiger partial charge on any atom is 0.243 e. The van der Waals surface area contributed by atoms with Crippen LogP contribution >= 0.6 is 0 Å². The summed E-state index contributed by atoms with van der Waals surface area (Å²) < 4.78 is 24.9. The zero-order valence-electron chi connectivity index (χ0n) is 15.1. The lowest BCUT2D eigenvalue weighted by molar-refractivity contribution is -0.229. The van der Waals surface area contributed by atoms with Crippen molar-refractivity contribution in [1.82, 2.24) is 4.90 Å². The first-order chi connectivity index (χ1) is 11.8. The summed E-state index contributed by atoms with van der Waals surface area (Å²) in [5, 5.41) is 0. The fourth-order valence-corrected chi connectivity index (χ4v) is 4.28. The van der Waals surface area contributed by atoms with E-state index in [9.17, 15) is 9.18 Å². The molecule has 6 heteroatoms. The van der Waals surface area contributed by atoms with Gasteiger partial charge in [0.25, 0.3) is 0 Å². The number of hydrogen-bond donors (Lipinski definition) is 1. The molecule has 3 unspecified atom stereocenters. The van der Waals surface area contributed by atoms with Crippen molar-refractivity contribution in [2.45, 2.75) is 38.3 Å². The molecule has 5 nitrogen and oxygen atoms in total. The third-order valence-corrected chi connectivity index (χ3v) is 5.91. The van der Waals surface area contributed by atoms with Crippen molar-refractivity contribution in [2.24, 2.45) is 17.1 Å². The number of para-hydroxylation sites is 1. The molecule has 2 aliphatic rings. The van der Waals surface area contributed by atoms with Gasteiger partial charge in [-0.2, -0.15) is 0 Å². The number of ether oxygens (including phenoxy) is 2. The molecule has 25 heavy (non-hydrogen) atoms. The van der Waals surface area contributed by atoms with Gasteiger partial charge in [0.15, 0.2) is 11.6 Å². The lowest BCUT2D eigenvalue weighted by Gasteiger charge is -2.65. The van der Waals surface area contributed by atoms with E-state index in [2.05, 4.69) is 0 Å². The second-order valence-corrected chi connectivity index (χ2v) is 7.64. The number of carbonyl (C=O) groups excluding carboxylic acids is 1. The Morgan fingerprint density at radius 3 is 2.88 bits per heavy atom. The molecule has 3 rings (SSSR count). The molecule has 0 aromatic heterocycles. The van der Waals surface area contributed by atoms with Gasteiger partial charge in [-0.3, -0.25) is 4.79 Å². The summed E-state index contributed by atoms with van der Waals surface area (Å²) >= 11 is 0. The number of amides is 1. The van der Waals surface area contributed by atoms with Crippen molar-refractivity contribution in [3.05, 3.63) is 30.1 Å². The fraction of sp³-hybridized carbons (Fsp3) is 0.632. The van der Waals surface area contributed by atoms with Crippen LogP contribution in [0.1, 0.15) is 26.7 Å². The second-order valence-electron chi connectivity index (χ2n) is 7.64. The summed E-state index contributed by atoms with van der Waals surface area (Å²) in [6, 6.07) is 6.24. The topological polar surface area (TPSA) is 64.8 Å². The number of rotatable bonds is 5. The van der Waals surface area contributed by atoms with Crippen LogP contribution in [0.2, 0.25) is 0 Å². The van der Waals surface area contributed by atoms with Gasteiger partial charge in [0, 0.05) is 25.0 Å². The second kappa shape index (κ2) is 6.57. The first-order valence-corrected chi connectivity index (χ1v) is 8.83. The van der Waals surface area contributed by atoms with E-state index in [1.54, 1.807) is 30.1 Å². The highest BCUT2D eigenvalue weighted by atomic mass is 19.1. The third kappa shape index (κ3) is 2.81. The van der Waals surface area contributed by atoms with E-state index in [0.717, 1.165) is 19.4 Å². The molecule has 1 aromatic carbocycles. The van der Waals surface area contributed by atoms with Crippen LogP contribution in [-0.4, -0.2) is 49.3 Å². The van der Waals surface area contributed by atoms with Crippen LogP contribution in [0.15, 0.2) is 24.3 Å². The number of carbonyl (C=O) groups is 1. The van der Waals surface area contributed by atoms with Crippen molar-refractivity contribution in [2.75, 3.05) is 26.8 Å². The molecule has 0 bridgehead atoms. The van der Waals surface area contributed by atoms with Gasteiger partial charge in [0.1, 0.15) is 12.1 Å². The van der Waals surface area contributed by atoms with Crippen molar-refractivity contribution in [1.29, 1.82) is 0 Å². The minimum Gasteiger partial charge on any atom is -0.489 e. The molecule has 1 saturated heterocycles. The predicted molar refractivity (Wildman–Crippen MR) is 92.7 cm³/mol. The van der Waals surface area contributed by atoms with Crippen LogP contribution in [0.25, 0.3) is 0 Å². The minimum absolute atomic E-state index is 0.0401. The molecular weight excluding hydrogens is 323 g/mol. The maximum absolute atomic E-state index is 13.6. The van der Waals surface area contributed by atoms with Crippen LogP contribution in [0, 0.1) is 17.2 Å². The van der Waals surface area contributed by atoms with E-state index in [-0.39, 0.29) is 30.3 Å². The van der Waals surface area contributed by atoms with E-state index in [0.29, 0.717) is 6.54 Å². The normalized spacial score (nSPS) is 30.1. The van der Waals surface area contributed by atoms with Crippen LogP contribution in [-0.2, 0) is 9.53 Å². The van der Waals surface area contributed by atoms with Crippen LogP contribution in [0.5, 0.6) is 5.75 Å². The average molecular weight is 350 g/mol. The van der Waals surface area contributed by atoms with Gasteiger partial charge in [-0.1, -0.05) is 26.0 Å². The van der Waals surface area contributed by atoms with Gasteiger partial charge in [-0.05, 0) is 25.0 Å². The molecule has 1 heterocycles. The van der Waals surface area contributed by atoms with E-state index >= 15 is 0 Å². The van der Waals surface area contributed by atoms with Crippen molar-refractivity contribution < 1.29 is 18.7 Å². The van der Waals surface area contributed by atoms with Gasteiger partial charge in [0.2, 0.25) is 5.91 Å². The Morgan fingerprint density at radius 2 is 2.16 bits per heavy atom. The summed E-state index contributed by atoms with van der Waals surface area (Å²) in [4.78, 5) is 14.6. The van der Waals surface area contributed by atoms with Crippen molar-refractivity contribution in [3.63, 3.8) is 0 Å². The Kier molecular flexibility index (Phi) is 4.77. The highest BCUT2D eigenvalue weighted by Crippen LogP contribution is 2.57. The number of likely N-dealkylation sites (N-methyl/N-ethyl adjacent to an activating group) is 1. The van der Waals surface area contributed by atoms with E-state index < -0.39 is 16.8 Å². The first-order valence-electron chi connectivity index (χ1n) is 8.83. The minimum atomic E-state index is -0.926. The van der Waals surface area contributed by atoms with Gasteiger partial charge in [-0.15, -0.1) is 0 Å². The quantitative estimate of drug-likeness (QED) is 0.884. The van der Waals surface area contributed by atoms with Gasteiger partial charge < -0.3 is 20.1 Å². The smallest absolute Gasteiger partial charge is 0.243 e. The summed E-state index contributed by atoms with van der Waals surface area (Å²) in [5.41, 5.74) is 5.28. The average Bonchev–Trinajstić information content (AvgIpc) is 2.61. The van der Waals surface area contributed by atoms with Gasteiger partial charge in [0.05, 0.1) is 12.6 Å². The number of hydrogen-bond acceptors (Lipinski definition) is 4. The molecule has 0 spiro atoms. The van der Waals surface area contributed by atoms with E-state index in [4.69, 9.17) is 15.2 Å². The largest absolute Gasteiger partial charge is 0.489 e. The standard InChI is InChI=1S/C19H27FN2O3/c1-18(2)16-13(7-6-11-25-16)19(18,21)17(23)22(3)10-12-24-15-9-5-4-8-14(15)20/h4-5,8-9,13,16H,6-7,10-12,21H2,1-3H3. The molecular formula is C19H27FN2O3. The number of benzene rings is 1. The zero-order valence-corrected chi connectivity index (χ0v) is 15.1. The Balaban J connectivity index is 1.61. The van der Waals surface area contributed by atoms with E-state index in [1.165, 1.54) is 6.07 Å². The Morgan fingerprint density at radius 1 is 1.44 bits per heavy atom. The van der Waals surface area contributed by atoms with Crippen LogP contribution < -0.4 is 10.5 Å². The summed E-state index contributed by atoms with van der Waals surface area (Å²) in [6.45, 7) is 5.30. The SMILES string of the molecule is CN(CCOc1ccccc1F)C(=O)C1(N)C2CCCOC2C1(C)C. The highest BCUT2D eigenvalue weighted by molar-refractivity contribution is 5.89. The highest BCUT2D eigenvalue weighted by Gasteiger charge is 2.70. The fourth-order valence-electron chi connectivity index (χ4n) is 4.28.